The number of hydrogen-bond acceptors (Lipinski definition) is 20. The number of nitrogens with zero attached hydrogens (tertiary/aromatic N) is 3. The van der Waals surface area contributed by atoms with Crippen LogP contribution in [0.5, 0.6) is 57.5 Å². The fourth-order valence-corrected chi connectivity index (χ4v) is 17.6. The number of carbonyl (C=O) groups is 2. The molecule has 0 bridgehead atoms. The minimum absolute atomic E-state index is 0.00823. The first-order chi connectivity index (χ1) is 37.7. The van der Waals surface area contributed by atoms with Gasteiger partial charge in [-0.2, -0.15) is 5.26 Å². The first-order valence-corrected chi connectivity index (χ1v) is 29.0. The highest BCUT2D eigenvalue weighted by atomic mass is 32.1. The van der Waals surface area contributed by atoms with Crippen LogP contribution in [0.25, 0.3) is 82.9 Å². The molecule has 0 radical (unpaired) electrons. The quantitative estimate of drug-likeness (QED) is 0.130. The van der Waals surface area contributed by atoms with Crippen molar-refractivity contribution in [1.82, 2.24) is 9.13 Å². The summed E-state index contributed by atoms with van der Waals surface area (Å²) in [5, 5.41) is 31.4. The molecular weight excluding hydrogens is 1110 g/mol. The fraction of sp³-hybridized carbons (Fsp3) is 0.245. The summed E-state index contributed by atoms with van der Waals surface area (Å²) in [4.78, 5) is 45.0. The van der Waals surface area contributed by atoms with Crippen molar-refractivity contribution in [3.63, 3.8) is 0 Å². The molecular formula is C53H37N3O15S6. The number of aliphatic carboxylic acids is 2. The maximum atomic E-state index is 13.7. The smallest absolute Gasteiger partial charge is 0.349 e. The molecule has 5 aliphatic rings. The van der Waals surface area contributed by atoms with Gasteiger partial charge in [-0.1, -0.05) is 24.3 Å². The molecule has 0 amide bonds. The van der Waals surface area contributed by atoms with Crippen molar-refractivity contribution in [2.24, 2.45) is 0 Å². The highest BCUT2D eigenvalue weighted by molar-refractivity contribution is 7.31. The van der Waals surface area contributed by atoms with E-state index in [1.807, 2.05) is 0 Å². The molecule has 0 atom stereocenters. The highest BCUT2D eigenvalue weighted by Crippen LogP contribution is 2.67. The average Bonchev–Trinajstić information content (AvgIpc) is 4.36. The summed E-state index contributed by atoms with van der Waals surface area (Å²) in [5.41, 5.74) is 1.84. The van der Waals surface area contributed by atoms with Crippen molar-refractivity contribution < 1.29 is 67.2 Å². The number of hydrogen-bond donors (Lipinski definition) is 2. The Hall–Kier alpha value is -7.66. The van der Waals surface area contributed by atoms with Gasteiger partial charge in [0.2, 0.25) is 0 Å². The van der Waals surface area contributed by atoms with Crippen LogP contribution in [0.1, 0.15) is 11.8 Å². The minimum Gasteiger partial charge on any atom is -0.485 e. The standard InChI is InChI=1S/C53H37N3O15S6/c1-2-55-27-6-4-3-5-24(27)25-19-23(7-8-28(25)55)42-34-35(65-12-11-64-34)45(74-42)46-38-39(69-16-15-68-38)49(76-46)50-41-40(70-17-18-71-41)48(77-50)47-37-36(66-13-14-67-37)44(75-47)43-33-32(62-9-10-63-33)29(72-43)20-30-51(59)56(22-31(57)58)52(73-30)26(21-54)53(60)61/h3-8,19-20H,2,9-18,22H2,1H3,(H,57,58)(H,60,61)/b30-20+,52-26+. The molecule has 0 spiro atoms. The van der Waals surface area contributed by atoms with Crippen molar-refractivity contribution in [3.05, 3.63) is 66.9 Å². The fourth-order valence-electron chi connectivity index (χ4n) is 10.1. The van der Waals surface area contributed by atoms with Gasteiger partial charge in [0, 0.05) is 28.4 Å². The number of carboxylic acids is 2. The number of thiazole rings is 1. The van der Waals surface area contributed by atoms with Gasteiger partial charge in [0.1, 0.15) is 83.3 Å². The summed E-state index contributed by atoms with van der Waals surface area (Å²) in [6.45, 7) is 5.22. The molecule has 77 heavy (non-hydrogen) atoms. The van der Waals surface area contributed by atoms with E-state index in [0.29, 0.717) is 128 Å². The summed E-state index contributed by atoms with van der Waals surface area (Å²) < 4.78 is 67.2. The van der Waals surface area contributed by atoms with Crippen LogP contribution in [0.3, 0.4) is 0 Å². The molecule has 0 unspecified atom stereocenters. The van der Waals surface area contributed by atoms with Gasteiger partial charge in [0.15, 0.2) is 63.1 Å². The lowest BCUT2D eigenvalue weighted by molar-refractivity contribution is -0.138. The number of para-hydroxylation sites is 1. The van der Waals surface area contributed by atoms with E-state index in [4.69, 9.17) is 47.4 Å². The topological polar surface area (TPSA) is 218 Å². The lowest BCUT2D eigenvalue weighted by atomic mass is 10.1. The number of fused-ring (bicyclic) bond motifs is 8. The molecule has 5 aliphatic heterocycles. The second-order valence-corrected chi connectivity index (χ2v) is 23.8. The van der Waals surface area contributed by atoms with Gasteiger partial charge in [-0.05, 0) is 36.8 Å². The highest BCUT2D eigenvalue weighted by Gasteiger charge is 2.40. The van der Waals surface area contributed by atoms with Gasteiger partial charge in [-0.15, -0.1) is 68.0 Å². The summed E-state index contributed by atoms with van der Waals surface area (Å²) in [5.74, 6) is 2.38. The largest absolute Gasteiger partial charge is 0.485 e. The minimum atomic E-state index is -1.59. The van der Waals surface area contributed by atoms with Crippen LogP contribution in [0.15, 0.2) is 47.3 Å². The van der Waals surface area contributed by atoms with Gasteiger partial charge in [0.05, 0.1) is 53.3 Å². The summed E-state index contributed by atoms with van der Waals surface area (Å²) >= 11 is 7.95. The molecule has 0 saturated carbocycles. The number of ether oxygens (including phenoxy) is 10. The number of nitriles is 1. The van der Waals surface area contributed by atoms with Crippen molar-refractivity contribution in [3.8, 4) is 113 Å². The van der Waals surface area contributed by atoms with Gasteiger partial charge >= 0.3 is 11.9 Å². The lowest BCUT2D eigenvalue weighted by Gasteiger charge is -2.19. The summed E-state index contributed by atoms with van der Waals surface area (Å²) in [6, 6.07) is 16.7. The van der Waals surface area contributed by atoms with Crippen molar-refractivity contribution in [2.75, 3.05) is 66.1 Å². The molecule has 24 heteroatoms. The molecule has 14 rings (SSSR count). The lowest BCUT2D eigenvalue weighted by Crippen LogP contribution is -2.35. The Labute approximate surface area is 458 Å². The average molecular weight is 1150 g/mol. The maximum absolute atomic E-state index is 13.7. The molecule has 12 heterocycles. The Morgan fingerprint density at radius 1 is 0.545 bits per heavy atom. The molecule has 2 N–H and O–H groups in total. The Balaban J connectivity index is 0.899. The number of aromatic nitrogens is 2. The van der Waals surface area contributed by atoms with E-state index in [1.54, 1.807) is 17.4 Å². The van der Waals surface area contributed by atoms with Gasteiger partial charge in [-0.3, -0.25) is 14.2 Å². The van der Waals surface area contributed by atoms with Gasteiger partial charge in [-0.25, -0.2) is 4.79 Å². The van der Waals surface area contributed by atoms with Gasteiger partial charge in [0.25, 0.3) is 5.56 Å². The van der Waals surface area contributed by atoms with Crippen LogP contribution in [-0.4, -0.2) is 97.4 Å². The molecule has 2 aromatic carbocycles. The predicted molar refractivity (Wildman–Crippen MR) is 292 cm³/mol. The summed E-state index contributed by atoms with van der Waals surface area (Å²) in [6.07, 6.45) is 1.50. The Kier molecular flexibility index (Phi) is 11.7. The third kappa shape index (κ3) is 7.57. The number of aryl methyl sites for hydroxylation is 1. The van der Waals surface area contributed by atoms with E-state index in [1.165, 1.54) is 67.8 Å². The van der Waals surface area contributed by atoms with Crippen LogP contribution in [0.2, 0.25) is 0 Å². The van der Waals surface area contributed by atoms with E-state index in [2.05, 4.69) is 54.0 Å². The first kappa shape index (κ1) is 47.8. The van der Waals surface area contributed by atoms with Crippen LogP contribution in [-0.2, 0) is 22.7 Å². The number of benzene rings is 2. The second kappa shape index (κ2) is 18.8. The third-order valence-corrected chi connectivity index (χ3v) is 20.7. The number of thiophene rings is 5. The molecule has 0 aliphatic carbocycles. The number of rotatable bonds is 10. The second-order valence-electron chi connectivity index (χ2n) is 17.6. The third-order valence-electron chi connectivity index (χ3n) is 13.2. The predicted octanol–water partition coefficient (Wildman–Crippen LogP) is 9.21. The van der Waals surface area contributed by atoms with Crippen molar-refractivity contribution >= 4 is 113 Å². The maximum Gasteiger partial charge on any atom is 0.349 e. The Morgan fingerprint density at radius 3 is 1.42 bits per heavy atom. The molecule has 7 aromatic heterocycles. The van der Waals surface area contributed by atoms with Crippen LogP contribution < -0.4 is 62.1 Å². The van der Waals surface area contributed by atoms with E-state index in [0.717, 1.165) is 51.3 Å². The van der Waals surface area contributed by atoms with Gasteiger partial charge < -0.3 is 62.1 Å². The SMILES string of the molecule is CCn1c2ccccc2c2cc(-c3sc(-c4sc(-c5sc(-c6sc(-c7sc(/C=c8/s/c(=C(\C#N)C(=O)O)n(CC(=O)O)c8=O)c8c7OCCO8)c7c6OCCO7)c6c5OCCO6)c5c4OCCO5)c4c3OCCO4)ccc21. The molecule has 9 aromatic rings. The zero-order chi connectivity index (χ0) is 52.2. The molecule has 18 nitrogen and oxygen atoms in total. The zero-order valence-electron chi connectivity index (χ0n) is 40.1. The van der Waals surface area contributed by atoms with Crippen LogP contribution in [0.4, 0.5) is 0 Å². The Bertz CT molecular complexity index is 4230. The molecule has 0 fully saturated rings. The van der Waals surface area contributed by atoms with E-state index < -0.39 is 29.6 Å². The monoisotopic (exact) mass is 1150 g/mol. The molecule has 390 valence electrons. The zero-order valence-corrected chi connectivity index (χ0v) is 45.0. The van der Waals surface area contributed by atoms with E-state index in [-0.39, 0.29) is 35.6 Å². The van der Waals surface area contributed by atoms with Crippen molar-refractivity contribution in [1.29, 1.82) is 5.26 Å². The first-order valence-electron chi connectivity index (χ1n) is 24.1. The van der Waals surface area contributed by atoms with E-state index in [9.17, 15) is 29.9 Å². The Morgan fingerprint density at radius 2 is 0.961 bits per heavy atom. The molecule has 0 saturated heterocycles. The van der Waals surface area contributed by atoms with Crippen LogP contribution in [0, 0.1) is 11.3 Å². The van der Waals surface area contributed by atoms with E-state index >= 15 is 0 Å². The van der Waals surface area contributed by atoms with Crippen LogP contribution >= 0.6 is 68.0 Å². The number of carboxylic acid groups (broad SMARTS) is 2. The summed E-state index contributed by atoms with van der Waals surface area (Å²) in [7, 11) is 0. The van der Waals surface area contributed by atoms with Crippen molar-refractivity contribution in [2.45, 2.75) is 20.0 Å². The normalized spacial score (nSPS) is 15.7.